The van der Waals surface area contributed by atoms with Crippen molar-refractivity contribution in [3.8, 4) is 0 Å². The maximum Gasteiger partial charge on any atom is 0.507 e. The van der Waals surface area contributed by atoms with E-state index < -0.39 is 56.5 Å². The first kappa shape index (κ1) is 32.9. The Balaban J connectivity index is 7.29. The van der Waals surface area contributed by atoms with Gasteiger partial charge in [-0.2, -0.15) is 0 Å². The van der Waals surface area contributed by atoms with Crippen LogP contribution >= 0.6 is 0 Å². The van der Waals surface area contributed by atoms with E-state index in [2.05, 4.69) is 58.9 Å². The van der Waals surface area contributed by atoms with E-state index >= 15 is 0 Å². The molecular formula is C17H48O9Si6. The minimum atomic E-state index is -3.52. The summed E-state index contributed by atoms with van der Waals surface area (Å²) < 4.78 is 56.5. The predicted octanol–water partition coefficient (Wildman–Crippen LogP) is 4.15. The minimum Gasteiger partial charge on any atom is -0.417 e. The molecule has 0 saturated carbocycles. The van der Waals surface area contributed by atoms with Crippen LogP contribution in [0.3, 0.4) is 0 Å². The summed E-state index contributed by atoms with van der Waals surface area (Å²) in [6.07, 6.45) is 0. The van der Waals surface area contributed by atoms with Crippen LogP contribution in [0, 0.1) is 0 Å². The van der Waals surface area contributed by atoms with Gasteiger partial charge in [-0.1, -0.05) is 0 Å². The van der Waals surface area contributed by atoms with Crippen LogP contribution in [0.2, 0.25) is 70.1 Å². The molecular weight excluding hydrogens is 517 g/mol. The van der Waals surface area contributed by atoms with E-state index in [9.17, 15) is 0 Å². The van der Waals surface area contributed by atoms with E-state index in [1.54, 1.807) is 42.7 Å². The van der Waals surface area contributed by atoms with Gasteiger partial charge >= 0.3 is 26.4 Å². The SMILES string of the molecule is CO[Si](CC([Si](OC)(OC)OC)[Si](O[Si](C)(C)C)(O[Si](C)(C)C)O[Si](C)(C)C)(OC)OC. The molecule has 0 fully saturated rings. The smallest absolute Gasteiger partial charge is 0.417 e. The lowest BCUT2D eigenvalue weighted by atomic mass is 10.9. The van der Waals surface area contributed by atoms with Gasteiger partial charge in [0.05, 0.1) is 0 Å². The van der Waals surface area contributed by atoms with Crippen LogP contribution < -0.4 is 0 Å². The van der Waals surface area contributed by atoms with Crippen LogP contribution in [0.15, 0.2) is 0 Å². The summed E-state index contributed by atoms with van der Waals surface area (Å²) in [5.74, 6) is 0. The Labute approximate surface area is 202 Å². The van der Waals surface area contributed by atoms with Crippen LogP contribution in [-0.4, -0.2) is 94.0 Å². The molecule has 0 aromatic rings. The molecule has 0 radical (unpaired) electrons. The minimum absolute atomic E-state index is 0.323. The van der Waals surface area contributed by atoms with Crippen molar-refractivity contribution in [1.82, 2.24) is 0 Å². The molecule has 1 unspecified atom stereocenters. The first-order valence-electron chi connectivity index (χ1n) is 10.7. The summed E-state index contributed by atoms with van der Waals surface area (Å²) in [7, 11) is -7.01. The van der Waals surface area contributed by atoms with Crippen LogP contribution in [0.4, 0.5) is 0 Å². The molecule has 0 aliphatic carbocycles. The zero-order valence-corrected chi connectivity index (χ0v) is 29.0. The van der Waals surface area contributed by atoms with Gasteiger partial charge in [0.15, 0.2) is 25.0 Å². The fraction of sp³-hybridized carbons (Fsp3) is 1.00. The van der Waals surface area contributed by atoms with E-state index in [0.29, 0.717) is 6.04 Å². The molecule has 9 nitrogen and oxygen atoms in total. The van der Waals surface area contributed by atoms with Gasteiger partial charge < -0.3 is 38.9 Å². The molecule has 0 heterocycles. The third-order valence-electron chi connectivity index (χ3n) is 4.44. The molecule has 0 spiro atoms. The van der Waals surface area contributed by atoms with Crippen LogP contribution in [-0.2, 0) is 38.9 Å². The third-order valence-corrected chi connectivity index (χ3v) is 24.7. The number of rotatable bonds is 16. The Morgan fingerprint density at radius 2 is 0.719 bits per heavy atom. The molecule has 0 amide bonds. The highest BCUT2D eigenvalue weighted by Gasteiger charge is 2.70. The van der Waals surface area contributed by atoms with Crippen molar-refractivity contribution in [1.29, 1.82) is 0 Å². The second-order valence-corrected chi connectivity index (χ2v) is 34.2. The van der Waals surface area contributed by atoms with E-state index in [1.165, 1.54) is 0 Å². The molecule has 15 heteroatoms. The highest BCUT2D eigenvalue weighted by Crippen LogP contribution is 2.45. The molecule has 0 aromatic heterocycles. The second kappa shape index (κ2) is 12.3. The average molecular weight is 565 g/mol. The Kier molecular flexibility index (Phi) is 12.6. The van der Waals surface area contributed by atoms with Crippen molar-refractivity contribution in [2.75, 3.05) is 42.7 Å². The summed E-state index contributed by atoms with van der Waals surface area (Å²) in [6.45, 7) is 19.2. The Bertz CT molecular complexity index is 497. The van der Waals surface area contributed by atoms with E-state index in [0.717, 1.165) is 0 Å². The quantitative estimate of drug-likeness (QED) is 0.257. The zero-order valence-electron chi connectivity index (χ0n) is 23.0. The van der Waals surface area contributed by atoms with Crippen LogP contribution in [0.25, 0.3) is 0 Å². The van der Waals surface area contributed by atoms with Crippen molar-refractivity contribution < 1.29 is 38.9 Å². The monoisotopic (exact) mass is 564 g/mol. The highest BCUT2D eigenvalue weighted by molar-refractivity contribution is 6.96. The Morgan fingerprint density at radius 1 is 0.438 bits per heavy atom. The second-order valence-electron chi connectivity index (χ2n) is 10.5. The summed E-state index contributed by atoms with van der Waals surface area (Å²) in [5.41, 5.74) is 0. The number of hydrogen-bond donors (Lipinski definition) is 0. The summed E-state index contributed by atoms with van der Waals surface area (Å²) in [6, 6.07) is 0.323. The molecule has 0 saturated heterocycles. The average Bonchev–Trinajstić information content (AvgIpc) is 2.62. The standard InChI is InChI=1S/C17H48O9Si6/c1-18-30(19-2,20-3)16-17(31(21-4,22-5)23-6)32(24-27(7,8)9,25-28(10,11)12)26-29(13,14)15/h17H,16H2,1-15H3. The lowest BCUT2D eigenvalue weighted by molar-refractivity contribution is 0.0947. The first-order chi connectivity index (χ1) is 14.3. The normalized spacial score (nSPS) is 15.8. The van der Waals surface area contributed by atoms with Gasteiger partial charge in [-0.3, -0.25) is 0 Å². The largest absolute Gasteiger partial charge is 0.507 e. The van der Waals surface area contributed by atoms with Gasteiger partial charge in [-0.25, -0.2) is 0 Å². The molecule has 0 rings (SSSR count). The maximum atomic E-state index is 6.98. The van der Waals surface area contributed by atoms with Crippen molar-refractivity contribution in [3.05, 3.63) is 0 Å². The van der Waals surface area contributed by atoms with Crippen LogP contribution in [0.5, 0.6) is 0 Å². The van der Waals surface area contributed by atoms with E-state index in [1.807, 2.05) is 0 Å². The van der Waals surface area contributed by atoms with Crippen molar-refractivity contribution in [2.24, 2.45) is 0 Å². The molecule has 0 bridgehead atoms. The molecule has 32 heavy (non-hydrogen) atoms. The van der Waals surface area contributed by atoms with Gasteiger partial charge in [0.1, 0.15) is 5.16 Å². The lowest BCUT2D eigenvalue weighted by Crippen LogP contribution is -2.71. The van der Waals surface area contributed by atoms with Gasteiger partial charge in [0.2, 0.25) is 0 Å². The van der Waals surface area contributed by atoms with E-state index in [-0.39, 0.29) is 0 Å². The fourth-order valence-corrected chi connectivity index (χ4v) is 27.8. The first-order valence-corrected chi connectivity index (χ1v) is 26.5. The summed E-state index contributed by atoms with van der Waals surface area (Å²) >= 11 is 0. The Morgan fingerprint density at radius 3 is 0.906 bits per heavy atom. The van der Waals surface area contributed by atoms with Crippen molar-refractivity contribution in [2.45, 2.75) is 70.1 Å². The van der Waals surface area contributed by atoms with Crippen molar-refractivity contribution in [3.63, 3.8) is 0 Å². The van der Waals surface area contributed by atoms with Gasteiger partial charge in [-0.15, -0.1) is 0 Å². The van der Waals surface area contributed by atoms with Gasteiger partial charge in [-0.05, 0) is 58.9 Å². The van der Waals surface area contributed by atoms with Crippen molar-refractivity contribution >= 4 is 51.4 Å². The topological polar surface area (TPSA) is 83.1 Å². The molecule has 0 aromatic carbocycles. The van der Waals surface area contributed by atoms with Gasteiger partial charge in [0.25, 0.3) is 0 Å². The molecule has 1 atom stereocenters. The maximum absolute atomic E-state index is 6.98. The predicted molar refractivity (Wildman–Crippen MR) is 141 cm³/mol. The van der Waals surface area contributed by atoms with Crippen LogP contribution in [0.1, 0.15) is 0 Å². The highest BCUT2D eigenvalue weighted by atomic mass is 28.5. The lowest BCUT2D eigenvalue weighted by Gasteiger charge is -2.49. The Hall–Kier alpha value is 0.941. The molecule has 0 aliphatic rings. The molecule has 0 aliphatic heterocycles. The number of hydrogen-bond acceptors (Lipinski definition) is 9. The van der Waals surface area contributed by atoms with E-state index in [4.69, 9.17) is 38.9 Å². The van der Waals surface area contributed by atoms with Gasteiger partial charge in [0, 0.05) is 48.7 Å². The third kappa shape index (κ3) is 9.53. The summed E-state index contributed by atoms with van der Waals surface area (Å²) in [5, 5.41) is -0.494. The fourth-order valence-electron chi connectivity index (χ4n) is 3.45. The molecule has 0 N–H and O–H groups in total. The summed E-state index contributed by atoms with van der Waals surface area (Å²) in [4.78, 5) is 0. The molecule has 194 valence electrons. The zero-order chi connectivity index (χ0) is 25.6.